The molecular weight excluding hydrogens is 707 g/mol. The van der Waals surface area contributed by atoms with E-state index in [0.717, 1.165) is 57.8 Å². The predicted molar refractivity (Wildman–Crippen MR) is 245 cm³/mol. The molecule has 0 aromatic rings. The number of ether oxygens (including phenoxy) is 1. The van der Waals surface area contributed by atoms with Crippen LogP contribution in [0.5, 0.6) is 0 Å². The average Bonchev–Trinajstić information content (AvgIpc) is 3.20. The lowest BCUT2D eigenvalue weighted by Crippen LogP contribution is -2.46. The Bertz CT molecular complexity index is 1120. The Balaban J connectivity index is 4.70. The first-order valence-corrected chi connectivity index (χ1v) is 23.4. The molecule has 0 radical (unpaired) electrons. The fourth-order valence-corrected chi connectivity index (χ4v) is 6.54. The normalized spacial score (nSPS) is 14.1. The van der Waals surface area contributed by atoms with Gasteiger partial charge in [-0.25, -0.2) is 0 Å². The molecule has 0 aliphatic heterocycles. The van der Waals surface area contributed by atoms with Crippen molar-refractivity contribution in [2.24, 2.45) is 0 Å². The molecule has 1 amide bonds. The quantitative estimate of drug-likeness (QED) is 0.0248. The number of carbonyl (C=O) groups is 2. The van der Waals surface area contributed by atoms with Crippen LogP contribution in [0.3, 0.4) is 0 Å². The first-order chi connectivity index (χ1) is 28.0. The van der Waals surface area contributed by atoms with Gasteiger partial charge in [0.05, 0.1) is 25.2 Å². The highest BCUT2D eigenvalue weighted by molar-refractivity contribution is 5.77. The fraction of sp³-hybridized carbons (Fsp3) is 0.686. The van der Waals surface area contributed by atoms with E-state index in [4.69, 9.17) is 4.74 Å². The lowest BCUT2D eigenvalue weighted by molar-refractivity contribution is -0.150. The maximum atomic E-state index is 13.1. The van der Waals surface area contributed by atoms with E-state index in [1.165, 1.54) is 96.3 Å². The number of esters is 1. The van der Waals surface area contributed by atoms with Gasteiger partial charge in [-0.05, 0) is 51.4 Å². The Morgan fingerprint density at radius 2 is 1.04 bits per heavy atom. The van der Waals surface area contributed by atoms with Crippen LogP contribution in [0.2, 0.25) is 0 Å². The van der Waals surface area contributed by atoms with Crippen LogP contribution < -0.4 is 5.32 Å². The largest absolute Gasteiger partial charge is 0.461 e. The number of aliphatic hydroxyl groups is 2. The Hall–Kier alpha value is -2.96. The Morgan fingerprint density at radius 3 is 1.60 bits per heavy atom. The summed E-state index contributed by atoms with van der Waals surface area (Å²) >= 11 is 0. The summed E-state index contributed by atoms with van der Waals surface area (Å²) in [6, 6.07) is -0.743. The molecule has 3 atom stereocenters. The minimum atomic E-state index is -0.821. The van der Waals surface area contributed by atoms with E-state index in [2.05, 4.69) is 56.5 Å². The molecule has 0 spiro atoms. The van der Waals surface area contributed by atoms with Crippen LogP contribution in [0.25, 0.3) is 0 Å². The maximum absolute atomic E-state index is 13.1. The minimum absolute atomic E-state index is 0.0256. The Morgan fingerprint density at radius 1 is 0.561 bits per heavy atom. The molecule has 0 aromatic heterocycles. The number of aliphatic hydroxyl groups excluding tert-OH is 2. The van der Waals surface area contributed by atoms with Gasteiger partial charge in [0, 0.05) is 12.8 Å². The lowest BCUT2D eigenvalue weighted by Gasteiger charge is -2.24. The molecule has 0 aliphatic rings. The summed E-state index contributed by atoms with van der Waals surface area (Å²) in [5, 5.41) is 23.5. The van der Waals surface area contributed by atoms with Gasteiger partial charge in [-0.15, -0.1) is 0 Å². The molecule has 0 rings (SSSR count). The van der Waals surface area contributed by atoms with Gasteiger partial charge in [0.15, 0.2) is 0 Å². The monoisotopic (exact) mass is 794 g/mol. The van der Waals surface area contributed by atoms with Crippen LogP contribution in [-0.2, 0) is 14.3 Å². The highest BCUT2D eigenvalue weighted by atomic mass is 16.5. The first kappa shape index (κ1) is 54.0. The van der Waals surface area contributed by atoms with Crippen LogP contribution in [0.15, 0.2) is 85.1 Å². The summed E-state index contributed by atoms with van der Waals surface area (Å²) in [4.78, 5) is 25.9. The molecule has 57 heavy (non-hydrogen) atoms. The van der Waals surface area contributed by atoms with Gasteiger partial charge in [-0.1, -0.05) is 215 Å². The van der Waals surface area contributed by atoms with Crippen LogP contribution in [0.1, 0.15) is 201 Å². The summed E-state index contributed by atoms with van der Waals surface area (Å²) in [5.41, 5.74) is 0. The molecule has 0 bridgehead atoms. The number of unbranched alkanes of at least 4 members (excludes halogenated alkanes) is 19. The SMILES string of the molecule is CC/C=C/C=C/C=C\C=C/C=C/CC(CC(=O)NC(CO)C(O)CCCCCCCCCCCC)OC(=O)CCCCCCCCC/C=C\C/C=C\CCCCC. The van der Waals surface area contributed by atoms with Gasteiger partial charge in [-0.3, -0.25) is 9.59 Å². The lowest BCUT2D eigenvalue weighted by atomic mass is 10.0. The molecule has 6 heteroatoms. The summed E-state index contributed by atoms with van der Waals surface area (Å²) < 4.78 is 5.82. The minimum Gasteiger partial charge on any atom is -0.461 e. The summed E-state index contributed by atoms with van der Waals surface area (Å²) in [6.45, 7) is 6.24. The van der Waals surface area contributed by atoms with Gasteiger partial charge < -0.3 is 20.3 Å². The fourth-order valence-electron chi connectivity index (χ4n) is 6.54. The van der Waals surface area contributed by atoms with Crippen LogP contribution >= 0.6 is 0 Å². The second-order valence-corrected chi connectivity index (χ2v) is 15.6. The molecular formula is C51H87NO5. The predicted octanol–water partition coefficient (Wildman–Crippen LogP) is 13.6. The van der Waals surface area contributed by atoms with E-state index in [1.54, 1.807) is 0 Å². The molecule has 0 aliphatic carbocycles. The number of amides is 1. The third-order valence-electron chi connectivity index (χ3n) is 10.1. The molecule has 0 aromatic carbocycles. The third kappa shape index (κ3) is 39.6. The molecule has 326 valence electrons. The zero-order chi connectivity index (χ0) is 41.7. The number of nitrogens with one attached hydrogen (secondary N) is 1. The maximum Gasteiger partial charge on any atom is 0.306 e. The molecule has 3 unspecified atom stereocenters. The topological polar surface area (TPSA) is 95.9 Å². The van der Waals surface area contributed by atoms with Crippen molar-refractivity contribution in [3.05, 3.63) is 85.1 Å². The molecule has 3 N–H and O–H groups in total. The van der Waals surface area contributed by atoms with Crippen molar-refractivity contribution < 1.29 is 24.5 Å². The van der Waals surface area contributed by atoms with Crippen molar-refractivity contribution in [3.8, 4) is 0 Å². The van der Waals surface area contributed by atoms with Gasteiger partial charge in [0.1, 0.15) is 6.10 Å². The van der Waals surface area contributed by atoms with Crippen molar-refractivity contribution in [1.82, 2.24) is 5.32 Å². The number of allylic oxidation sites excluding steroid dienone is 13. The van der Waals surface area contributed by atoms with Crippen molar-refractivity contribution >= 4 is 11.9 Å². The van der Waals surface area contributed by atoms with Crippen molar-refractivity contribution in [2.75, 3.05) is 6.61 Å². The summed E-state index contributed by atoms with van der Waals surface area (Å²) in [7, 11) is 0. The van der Waals surface area contributed by atoms with E-state index in [-0.39, 0.29) is 24.9 Å². The molecule has 0 heterocycles. The average molecular weight is 794 g/mol. The second kappa shape index (κ2) is 44.1. The van der Waals surface area contributed by atoms with E-state index < -0.39 is 18.2 Å². The second-order valence-electron chi connectivity index (χ2n) is 15.6. The number of carbonyl (C=O) groups excluding carboxylic acids is 2. The van der Waals surface area contributed by atoms with E-state index in [9.17, 15) is 19.8 Å². The van der Waals surface area contributed by atoms with Crippen LogP contribution in [-0.4, -0.2) is 46.9 Å². The first-order valence-electron chi connectivity index (χ1n) is 23.4. The third-order valence-corrected chi connectivity index (χ3v) is 10.1. The highest BCUT2D eigenvalue weighted by Crippen LogP contribution is 2.15. The van der Waals surface area contributed by atoms with Crippen molar-refractivity contribution in [1.29, 1.82) is 0 Å². The number of hydrogen-bond donors (Lipinski definition) is 3. The van der Waals surface area contributed by atoms with Gasteiger partial charge in [0.25, 0.3) is 0 Å². The summed E-state index contributed by atoms with van der Waals surface area (Å²) in [6.07, 6.45) is 56.7. The molecule has 6 nitrogen and oxygen atoms in total. The van der Waals surface area contributed by atoms with Gasteiger partial charge >= 0.3 is 5.97 Å². The number of hydrogen-bond acceptors (Lipinski definition) is 5. The molecule has 0 fully saturated rings. The Kier molecular flexibility index (Phi) is 41.9. The molecule has 0 saturated carbocycles. The standard InChI is InChI=1S/C51H87NO5/c1-4-7-10-13-16-19-22-23-24-25-26-27-29-32-35-38-41-44-51(56)57-47(42-39-36-33-30-28-20-17-14-11-8-5-2)45-50(55)52-48(46-53)49(54)43-40-37-34-31-21-18-15-12-9-6-3/h8,11,14,16-17,19-20,23-24,28,30,33,36,39,47-49,53-54H,4-7,9-10,12-13,15,18,21-22,25-27,29,31-32,34-35,37-38,40-46H2,1-3H3,(H,52,55)/b11-8+,17-14+,19-16-,24-23-,28-20-,33-30-,39-36+. The molecule has 0 saturated heterocycles. The van der Waals surface area contributed by atoms with Crippen LogP contribution in [0, 0.1) is 0 Å². The number of rotatable bonds is 40. The zero-order valence-electron chi connectivity index (χ0n) is 36.9. The van der Waals surface area contributed by atoms with E-state index in [0.29, 0.717) is 19.3 Å². The van der Waals surface area contributed by atoms with Crippen LogP contribution in [0.4, 0.5) is 0 Å². The van der Waals surface area contributed by atoms with Gasteiger partial charge in [0.2, 0.25) is 5.91 Å². The van der Waals surface area contributed by atoms with Crippen molar-refractivity contribution in [2.45, 2.75) is 219 Å². The van der Waals surface area contributed by atoms with Gasteiger partial charge in [-0.2, -0.15) is 0 Å². The van der Waals surface area contributed by atoms with Crippen molar-refractivity contribution in [3.63, 3.8) is 0 Å². The Labute approximate surface area is 351 Å². The smallest absolute Gasteiger partial charge is 0.306 e. The van der Waals surface area contributed by atoms with E-state index in [1.807, 2.05) is 54.7 Å². The van der Waals surface area contributed by atoms with E-state index >= 15 is 0 Å². The highest BCUT2D eigenvalue weighted by Gasteiger charge is 2.23. The zero-order valence-corrected chi connectivity index (χ0v) is 36.9. The summed E-state index contributed by atoms with van der Waals surface area (Å²) in [5.74, 6) is -0.624.